The maximum atomic E-state index is 14.0. The molecule has 1 N–H and O–H groups in total. The number of fused-ring (bicyclic) bond motifs is 1. The van der Waals surface area contributed by atoms with Gasteiger partial charge in [-0.25, -0.2) is 26.7 Å². The Morgan fingerprint density at radius 1 is 1.10 bits per heavy atom. The summed E-state index contributed by atoms with van der Waals surface area (Å²) in [5.41, 5.74) is 2.41. The highest BCUT2D eigenvalue weighted by atomic mass is 35.5. The molecule has 3 aromatic heterocycles. The van der Waals surface area contributed by atoms with Gasteiger partial charge in [0.25, 0.3) is 10.0 Å². The van der Waals surface area contributed by atoms with Crippen molar-refractivity contribution < 1.29 is 17.2 Å². The maximum Gasteiger partial charge on any atom is 0.264 e. The molecule has 0 fully saturated rings. The van der Waals surface area contributed by atoms with Crippen molar-refractivity contribution in [1.29, 1.82) is 0 Å². The highest BCUT2D eigenvalue weighted by Crippen LogP contribution is 2.30. The summed E-state index contributed by atoms with van der Waals surface area (Å²) in [6, 6.07) is 7.11. The Morgan fingerprint density at radius 3 is 2.63 bits per heavy atom. The maximum absolute atomic E-state index is 14.0. The Labute approximate surface area is 175 Å². The van der Waals surface area contributed by atoms with Crippen molar-refractivity contribution in [2.24, 2.45) is 0 Å². The highest BCUT2D eigenvalue weighted by molar-refractivity contribution is 7.92. The largest absolute Gasteiger partial charge is 0.276 e. The molecule has 10 heteroatoms. The van der Waals surface area contributed by atoms with Crippen LogP contribution >= 0.6 is 11.6 Å². The van der Waals surface area contributed by atoms with Crippen molar-refractivity contribution in [3.05, 3.63) is 77.3 Å². The number of nitrogens with one attached hydrogen (secondary N) is 1. The van der Waals surface area contributed by atoms with Gasteiger partial charge in [-0.3, -0.25) is 4.72 Å². The summed E-state index contributed by atoms with van der Waals surface area (Å²) in [7, 11) is -4.38. The van der Waals surface area contributed by atoms with Gasteiger partial charge in [-0.15, -0.1) is 6.42 Å². The van der Waals surface area contributed by atoms with Crippen LogP contribution in [-0.2, 0) is 10.0 Å². The number of anilines is 1. The van der Waals surface area contributed by atoms with Crippen LogP contribution in [0, 0.1) is 24.0 Å². The second-order valence-corrected chi connectivity index (χ2v) is 8.20. The molecule has 0 radical (unpaired) electrons. The summed E-state index contributed by atoms with van der Waals surface area (Å²) in [6.45, 7) is 0. The van der Waals surface area contributed by atoms with E-state index >= 15 is 0 Å². The van der Waals surface area contributed by atoms with Gasteiger partial charge in [0.1, 0.15) is 16.5 Å². The van der Waals surface area contributed by atoms with E-state index < -0.39 is 26.6 Å². The van der Waals surface area contributed by atoms with Crippen molar-refractivity contribution >= 4 is 32.8 Å². The molecule has 0 amide bonds. The zero-order valence-corrected chi connectivity index (χ0v) is 16.5. The van der Waals surface area contributed by atoms with E-state index in [9.17, 15) is 17.2 Å². The first-order valence-electron chi connectivity index (χ1n) is 8.36. The molecule has 6 nitrogen and oxygen atoms in total. The third kappa shape index (κ3) is 3.58. The lowest BCUT2D eigenvalue weighted by Gasteiger charge is -2.12. The summed E-state index contributed by atoms with van der Waals surface area (Å²) in [5.74, 6) is 0.414. The third-order valence-electron chi connectivity index (χ3n) is 4.28. The SMILES string of the molecule is C#Cc1cnn2ccc(-c3cnc(Cl)c(NS(=O)(=O)c4ccc(F)cc4F)c3)cc12. The molecule has 0 aliphatic carbocycles. The van der Waals surface area contributed by atoms with Gasteiger partial charge in [0.2, 0.25) is 0 Å². The van der Waals surface area contributed by atoms with E-state index in [0.29, 0.717) is 28.3 Å². The quantitative estimate of drug-likeness (QED) is 0.379. The molecule has 1 aromatic carbocycles. The second-order valence-electron chi connectivity index (χ2n) is 6.19. The van der Waals surface area contributed by atoms with Crippen LogP contribution in [-0.4, -0.2) is 23.0 Å². The molecule has 0 aliphatic heterocycles. The van der Waals surface area contributed by atoms with Crippen molar-refractivity contribution in [3.63, 3.8) is 0 Å². The molecule has 150 valence electrons. The third-order valence-corrected chi connectivity index (χ3v) is 5.98. The minimum Gasteiger partial charge on any atom is -0.276 e. The summed E-state index contributed by atoms with van der Waals surface area (Å²) >= 11 is 6.04. The fourth-order valence-corrected chi connectivity index (χ4v) is 4.17. The van der Waals surface area contributed by atoms with Gasteiger partial charge >= 0.3 is 0 Å². The predicted octanol–water partition coefficient (Wildman–Crippen LogP) is 4.11. The smallest absolute Gasteiger partial charge is 0.264 e. The fraction of sp³-hybridized carbons (Fsp3) is 0. The number of pyridine rings is 2. The van der Waals surface area contributed by atoms with Crippen LogP contribution in [0.1, 0.15) is 5.56 Å². The van der Waals surface area contributed by atoms with Crippen LogP contribution in [0.25, 0.3) is 16.6 Å². The van der Waals surface area contributed by atoms with Crippen molar-refractivity contribution in [1.82, 2.24) is 14.6 Å². The molecular formula is C20H11ClF2N4O2S. The highest BCUT2D eigenvalue weighted by Gasteiger charge is 2.21. The van der Waals surface area contributed by atoms with Gasteiger partial charge in [0, 0.05) is 24.0 Å². The Kier molecular flexibility index (Phi) is 4.89. The molecule has 0 unspecified atom stereocenters. The Balaban J connectivity index is 1.74. The zero-order valence-electron chi connectivity index (χ0n) is 15.0. The number of rotatable bonds is 4. The number of sulfonamides is 1. The number of hydrogen-bond donors (Lipinski definition) is 1. The van der Waals surface area contributed by atoms with Gasteiger partial charge < -0.3 is 0 Å². The molecule has 30 heavy (non-hydrogen) atoms. The van der Waals surface area contributed by atoms with Crippen LogP contribution in [0.2, 0.25) is 5.15 Å². The molecule has 0 spiro atoms. The minimum absolute atomic E-state index is 0.0663. The van der Waals surface area contributed by atoms with Crippen LogP contribution in [0.3, 0.4) is 0 Å². The predicted molar refractivity (Wildman–Crippen MR) is 109 cm³/mol. The number of terminal acetylenes is 1. The minimum atomic E-state index is -4.38. The van der Waals surface area contributed by atoms with Crippen molar-refractivity contribution in [3.8, 4) is 23.5 Å². The van der Waals surface area contributed by atoms with E-state index in [1.807, 2.05) is 0 Å². The lowest BCUT2D eigenvalue weighted by Crippen LogP contribution is -2.15. The van der Waals surface area contributed by atoms with Gasteiger partial charge in [0.15, 0.2) is 5.15 Å². The summed E-state index contributed by atoms with van der Waals surface area (Å²) in [4.78, 5) is 3.28. The summed E-state index contributed by atoms with van der Waals surface area (Å²) in [6.07, 6.45) is 10.2. The first-order valence-corrected chi connectivity index (χ1v) is 10.2. The number of hydrogen-bond acceptors (Lipinski definition) is 4. The van der Waals surface area contributed by atoms with E-state index in [4.69, 9.17) is 18.0 Å². The molecule has 0 saturated carbocycles. The normalized spacial score (nSPS) is 11.4. The second kappa shape index (κ2) is 7.40. The standard InChI is InChI=1S/C20H11ClF2N4O2S/c1-2-12-11-25-27-6-5-13(8-18(12)27)14-7-17(20(21)24-10-14)26-30(28,29)19-4-3-15(22)9-16(19)23/h1,3-11,26H. The van der Waals surface area contributed by atoms with E-state index in [-0.39, 0.29) is 10.8 Å². The number of benzene rings is 1. The summed E-state index contributed by atoms with van der Waals surface area (Å²) < 4.78 is 56.0. The van der Waals surface area contributed by atoms with Gasteiger partial charge in [-0.1, -0.05) is 17.5 Å². The van der Waals surface area contributed by atoms with Crippen LogP contribution in [0.5, 0.6) is 0 Å². The lowest BCUT2D eigenvalue weighted by atomic mass is 10.1. The van der Waals surface area contributed by atoms with Crippen LogP contribution in [0.4, 0.5) is 14.5 Å². The van der Waals surface area contributed by atoms with Gasteiger partial charge in [-0.2, -0.15) is 5.10 Å². The van der Waals surface area contributed by atoms with E-state index in [0.717, 1.165) is 12.1 Å². The number of nitrogens with zero attached hydrogens (tertiary/aromatic N) is 3. The van der Waals surface area contributed by atoms with Crippen molar-refractivity contribution in [2.75, 3.05) is 4.72 Å². The molecule has 0 atom stereocenters. The van der Waals surface area contributed by atoms with E-state index in [1.165, 1.54) is 12.3 Å². The number of aromatic nitrogens is 3. The molecule has 0 bridgehead atoms. The fourth-order valence-electron chi connectivity index (χ4n) is 2.84. The topological polar surface area (TPSA) is 76.4 Å². The monoisotopic (exact) mass is 444 g/mol. The van der Waals surface area contributed by atoms with Gasteiger partial charge in [-0.05, 0) is 35.9 Å². The number of halogens is 3. The van der Waals surface area contributed by atoms with Crippen molar-refractivity contribution in [2.45, 2.75) is 4.90 Å². The molecule has 4 aromatic rings. The average Bonchev–Trinajstić information content (AvgIpc) is 3.11. The Morgan fingerprint density at radius 2 is 1.90 bits per heavy atom. The van der Waals surface area contributed by atoms with Gasteiger partial charge in [0.05, 0.1) is 23.0 Å². The van der Waals surface area contributed by atoms with E-state index in [1.54, 1.807) is 29.0 Å². The summed E-state index contributed by atoms with van der Waals surface area (Å²) in [5, 5.41) is 4.00. The zero-order chi connectivity index (χ0) is 21.5. The average molecular weight is 445 g/mol. The molecule has 0 aliphatic rings. The first kappa shape index (κ1) is 19.8. The molecule has 3 heterocycles. The lowest BCUT2D eigenvalue weighted by molar-refractivity contribution is 0.551. The first-order chi connectivity index (χ1) is 14.3. The molecule has 0 saturated heterocycles. The van der Waals surface area contributed by atoms with E-state index in [2.05, 4.69) is 20.7 Å². The Bertz CT molecular complexity index is 1450. The Hall–Kier alpha value is -3.48. The molecule has 4 rings (SSSR count). The van der Waals surface area contributed by atoms with Crippen LogP contribution in [0.15, 0.2) is 59.9 Å². The molecular weight excluding hydrogens is 434 g/mol. The van der Waals surface area contributed by atoms with Crippen LogP contribution < -0.4 is 4.72 Å².